The van der Waals surface area contributed by atoms with Crippen molar-refractivity contribution in [2.24, 2.45) is 0 Å². The van der Waals surface area contributed by atoms with Crippen LogP contribution in [0.15, 0.2) is 91.0 Å². The van der Waals surface area contributed by atoms with Crippen LogP contribution in [0.25, 0.3) is 0 Å². The molecule has 0 saturated heterocycles. The number of rotatable bonds is 9. The fourth-order valence-corrected chi connectivity index (χ4v) is 3.57. The van der Waals surface area contributed by atoms with E-state index in [0.29, 0.717) is 6.71 Å². The van der Waals surface area contributed by atoms with Crippen LogP contribution >= 0.6 is 0 Å². The van der Waals surface area contributed by atoms with Gasteiger partial charge in [-0.25, -0.2) is 0 Å². The Balaban J connectivity index is 1.48. The largest absolute Gasteiger partial charge is 0.209 e. The molecule has 0 bridgehead atoms. The standard InChI is InChI=1S/C24H27B/c1(6-14-22-15-7-3-8-16-22)2-13-21-25(23-17-9-4-10-18-23)24-19-11-5-12-20-24/h3-5,7-12,15-20H,1-2,6,13-14,21H2. The summed E-state index contributed by atoms with van der Waals surface area (Å²) in [6.07, 6.45) is 7.68. The van der Waals surface area contributed by atoms with Crippen LogP contribution in [-0.2, 0) is 6.42 Å². The molecule has 0 aliphatic carbocycles. The number of hydrogen-bond acceptors (Lipinski definition) is 0. The summed E-state index contributed by atoms with van der Waals surface area (Å²) in [6, 6.07) is 32.8. The summed E-state index contributed by atoms with van der Waals surface area (Å²) in [7, 11) is 0. The quantitative estimate of drug-likeness (QED) is 0.379. The summed E-state index contributed by atoms with van der Waals surface area (Å²) in [4.78, 5) is 0. The summed E-state index contributed by atoms with van der Waals surface area (Å²) >= 11 is 0. The average Bonchev–Trinajstić information content (AvgIpc) is 2.69. The number of benzene rings is 3. The van der Waals surface area contributed by atoms with E-state index in [4.69, 9.17) is 0 Å². The third-order valence-electron chi connectivity index (χ3n) is 4.95. The summed E-state index contributed by atoms with van der Waals surface area (Å²) in [5, 5.41) is 0. The first-order chi connectivity index (χ1) is 12.4. The molecule has 0 spiro atoms. The minimum absolute atomic E-state index is 0.525. The third kappa shape index (κ3) is 5.64. The zero-order chi connectivity index (χ0) is 17.2. The zero-order valence-corrected chi connectivity index (χ0v) is 15.0. The maximum atomic E-state index is 2.27. The van der Waals surface area contributed by atoms with Crippen LogP contribution in [0, 0.1) is 0 Å². The molecule has 3 rings (SSSR count). The molecule has 126 valence electrons. The van der Waals surface area contributed by atoms with E-state index in [0.717, 1.165) is 0 Å². The lowest BCUT2D eigenvalue weighted by Crippen LogP contribution is -2.41. The molecule has 0 N–H and O–H groups in total. The second-order valence-corrected chi connectivity index (χ2v) is 6.81. The van der Waals surface area contributed by atoms with Gasteiger partial charge >= 0.3 is 0 Å². The first-order valence-corrected chi connectivity index (χ1v) is 9.57. The third-order valence-corrected chi connectivity index (χ3v) is 4.95. The van der Waals surface area contributed by atoms with Crippen LogP contribution < -0.4 is 10.9 Å². The Morgan fingerprint density at radius 2 is 0.960 bits per heavy atom. The highest BCUT2D eigenvalue weighted by atomic mass is 14.0. The lowest BCUT2D eigenvalue weighted by Gasteiger charge is -2.14. The fourth-order valence-electron chi connectivity index (χ4n) is 3.57. The second kappa shape index (κ2) is 9.88. The van der Waals surface area contributed by atoms with Gasteiger partial charge in [0.1, 0.15) is 0 Å². The van der Waals surface area contributed by atoms with Crippen molar-refractivity contribution in [3.63, 3.8) is 0 Å². The lowest BCUT2D eigenvalue weighted by atomic mass is 9.38. The van der Waals surface area contributed by atoms with Crippen LogP contribution in [0.2, 0.25) is 6.32 Å². The molecule has 0 amide bonds. The predicted molar refractivity (Wildman–Crippen MR) is 111 cm³/mol. The van der Waals surface area contributed by atoms with Gasteiger partial charge in [0.2, 0.25) is 6.71 Å². The van der Waals surface area contributed by atoms with Gasteiger partial charge in [0, 0.05) is 0 Å². The number of hydrogen-bond donors (Lipinski definition) is 0. The molecule has 0 aliphatic heterocycles. The molecule has 0 unspecified atom stereocenters. The first-order valence-electron chi connectivity index (χ1n) is 9.57. The monoisotopic (exact) mass is 326 g/mol. The molecule has 3 aromatic carbocycles. The van der Waals surface area contributed by atoms with Gasteiger partial charge in [-0.15, -0.1) is 0 Å². The molecule has 0 heterocycles. The summed E-state index contributed by atoms with van der Waals surface area (Å²) in [6.45, 7) is 0.525. The second-order valence-electron chi connectivity index (χ2n) is 6.81. The molecule has 0 fully saturated rings. The Kier molecular flexibility index (Phi) is 6.94. The molecule has 3 aromatic rings. The van der Waals surface area contributed by atoms with Gasteiger partial charge in [0.25, 0.3) is 0 Å². The Morgan fingerprint density at radius 1 is 0.480 bits per heavy atom. The molecule has 0 saturated carbocycles. The maximum absolute atomic E-state index is 2.27. The van der Waals surface area contributed by atoms with E-state index in [1.54, 1.807) is 0 Å². The molecule has 0 nitrogen and oxygen atoms in total. The van der Waals surface area contributed by atoms with Crippen LogP contribution in [-0.4, -0.2) is 6.71 Å². The SMILES string of the molecule is c1ccc(CCCCCCB(c2ccccc2)c2ccccc2)cc1. The van der Waals surface area contributed by atoms with Crippen molar-refractivity contribution < 1.29 is 0 Å². The van der Waals surface area contributed by atoms with Crippen LogP contribution in [0.3, 0.4) is 0 Å². The Hall–Kier alpha value is -2.28. The smallest absolute Gasteiger partial charge is 0.0742 e. The van der Waals surface area contributed by atoms with Gasteiger partial charge in [-0.2, -0.15) is 0 Å². The van der Waals surface area contributed by atoms with Crippen molar-refractivity contribution in [3.8, 4) is 0 Å². The fraction of sp³-hybridized carbons (Fsp3) is 0.250. The summed E-state index contributed by atoms with van der Waals surface area (Å²) in [5.74, 6) is 0. The molecule has 25 heavy (non-hydrogen) atoms. The predicted octanol–water partition coefficient (Wildman–Crippen LogP) is 5.10. The van der Waals surface area contributed by atoms with Gasteiger partial charge in [0.05, 0.1) is 0 Å². The van der Waals surface area contributed by atoms with Gasteiger partial charge in [-0.3, -0.25) is 0 Å². The highest BCUT2D eigenvalue weighted by Gasteiger charge is 2.17. The Bertz CT molecular complexity index is 667. The lowest BCUT2D eigenvalue weighted by molar-refractivity contribution is 0.665. The van der Waals surface area contributed by atoms with E-state index < -0.39 is 0 Å². The van der Waals surface area contributed by atoms with Crippen molar-refractivity contribution in [1.29, 1.82) is 0 Å². The van der Waals surface area contributed by atoms with E-state index in [1.807, 2.05) is 0 Å². The maximum Gasteiger partial charge on any atom is 0.209 e. The van der Waals surface area contributed by atoms with Gasteiger partial charge in [0.15, 0.2) is 0 Å². The van der Waals surface area contributed by atoms with Crippen molar-refractivity contribution >= 4 is 17.6 Å². The van der Waals surface area contributed by atoms with E-state index in [-0.39, 0.29) is 0 Å². The zero-order valence-electron chi connectivity index (χ0n) is 15.0. The van der Waals surface area contributed by atoms with Crippen LogP contribution in [0.5, 0.6) is 0 Å². The minimum atomic E-state index is 0.525. The molecule has 1 heteroatoms. The highest BCUT2D eigenvalue weighted by molar-refractivity contribution is 6.85. The van der Waals surface area contributed by atoms with Crippen molar-refractivity contribution in [2.45, 2.75) is 38.4 Å². The summed E-state index contributed by atoms with van der Waals surface area (Å²) < 4.78 is 0. The molecule has 0 aliphatic rings. The molecule has 0 atom stereocenters. The van der Waals surface area contributed by atoms with E-state index in [1.165, 1.54) is 54.9 Å². The van der Waals surface area contributed by atoms with Gasteiger partial charge < -0.3 is 0 Å². The first kappa shape index (κ1) is 17.5. The van der Waals surface area contributed by atoms with Crippen LogP contribution in [0.1, 0.15) is 31.2 Å². The highest BCUT2D eigenvalue weighted by Crippen LogP contribution is 2.11. The molecule has 0 radical (unpaired) electrons. The van der Waals surface area contributed by atoms with E-state index in [2.05, 4.69) is 91.0 Å². The van der Waals surface area contributed by atoms with E-state index >= 15 is 0 Å². The van der Waals surface area contributed by atoms with Crippen molar-refractivity contribution in [3.05, 3.63) is 96.6 Å². The van der Waals surface area contributed by atoms with Crippen LogP contribution in [0.4, 0.5) is 0 Å². The van der Waals surface area contributed by atoms with Gasteiger partial charge in [-0.1, -0.05) is 128 Å². The van der Waals surface area contributed by atoms with Crippen molar-refractivity contribution in [2.75, 3.05) is 0 Å². The van der Waals surface area contributed by atoms with Gasteiger partial charge in [-0.05, 0) is 18.4 Å². The van der Waals surface area contributed by atoms with E-state index in [9.17, 15) is 0 Å². The average molecular weight is 326 g/mol. The number of unbranched alkanes of at least 4 members (excludes halogenated alkanes) is 3. The van der Waals surface area contributed by atoms with Crippen molar-refractivity contribution in [1.82, 2.24) is 0 Å². The minimum Gasteiger partial charge on any atom is -0.0742 e. The summed E-state index contributed by atoms with van der Waals surface area (Å²) in [5.41, 5.74) is 4.35. The number of aryl methyl sites for hydroxylation is 1. The molecule has 0 aromatic heterocycles. The normalized spacial score (nSPS) is 10.6. The molecular weight excluding hydrogens is 299 g/mol. The Morgan fingerprint density at radius 3 is 1.52 bits per heavy atom. The molecular formula is C24H27B. The topological polar surface area (TPSA) is 0 Å². The Labute approximate surface area is 153 Å².